The van der Waals surface area contributed by atoms with Gasteiger partial charge < -0.3 is 9.30 Å². The summed E-state index contributed by atoms with van der Waals surface area (Å²) in [7, 11) is 0. The summed E-state index contributed by atoms with van der Waals surface area (Å²) in [6, 6.07) is 10.4. The van der Waals surface area contributed by atoms with Crippen molar-refractivity contribution in [2.45, 2.75) is 26.4 Å². The molecule has 7 nitrogen and oxygen atoms in total. The topological polar surface area (TPSA) is 86.4 Å². The highest BCUT2D eigenvalue weighted by molar-refractivity contribution is 5.91. The van der Waals surface area contributed by atoms with Gasteiger partial charge in [-0.05, 0) is 51.1 Å². The average molecular weight is 371 g/mol. The Labute approximate surface area is 154 Å². The van der Waals surface area contributed by atoms with Crippen LogP contribution >= 0.6 is 0 Å². The van der Waals surface area contributed by atoms with Crippen LogP contribution in [0.2, 0.25) is 0 Å². The molecule has 1 aromatic heterocycles. The number of rotatable bonds is 3. The van der Waals surface area contributed by atoms with Crippen molar-refractivity contribution in [3.05, 3.63) is 64.6 Å². The predicted octanol–water partition coefficient (Wildman–Crippen LogP) is 5.02. The third-order valence-corrected chi connectivity index (χ3v) is 3.74. The van der Waals surface area contributed by atoms with Crippen LogP contribution < -0.4 is 5.32 Å². The number of amides is 1. The lowest BCUT2D eigenvalue weighted by Gasteiger charge is -2.19. The van der Waals surface area contributed by atoms with Crippen LogP contribution in [0.5, 0.6) is 0 Å². The number of ether oxygens (including phenoxy) is 1. The number of fused-ring (bicyclic) bond motifs is 1. The van der Waals surface area contributed by atoms with Gasteiger partial charge >= 0.3 is 6.09 Å². The first-order valence-corrected chi connectivity index (χ1v) is 8.19. The van der Waals surface area contributed by atoms with Gasteiger partial charge in [0.25, 0.3) is 5.69 Å². The summed E-state index contributed by atoms with van der Waals surface area (Å²) in [5.74, 6) is -0.697. The van der Waals surface area contributed by atoms with E-state index in [1.54, 1.807) is 55.8 Å². The number of hydrogen-bond donors (Lipinski definition) is 1. The molecule has 3 aromatic rings. The molecule has 0 saturated heterocycles. The van der Waals surface area contributed by atoms with Gasteiger partial charge in [-0.15, -0.1) is 0 Å². The number of aromatic nitrogens is 1. The second kappa shape index (κ2) is 6.71. The number of anilines is 1. The van der Waals surface area contributed by atoms with Crippen molar-refractivity contribution in [3.8, 4) is 5.69 Å². The maximum Gasteiger partial charge on any atom is 0.412 e. The number of carbonyl (C=O) groups excluding carboxylic acids is 1. The molecule has 0 atom stereocenters. The lowest BCUT2D eigenvalue weighted by molar-refractivity contribution is -0.385. The molecule has 1 heterocycles. The standard InChI is InChI=1S/C19H18FN3O4/c1-19(2,3)27-18(24)21-13-4-6-16-12(10-13)8-9-22(16)17-7-5-14(23(25)26)11-15(17)20/h4-11H,1-3H3,(H,21,24). The molecule has 0 spiro atoms. The molecule has 8 heteroatoms. The summed E-state index contributed by atoms with van der Waals surface area (Å²) in [6.45, 7) is 5.32. The SMILES string of the molecule is CC(C)(C)OC(=O)Nc1ccc2c(ccn2-c2ccc([N+](=O)[O-])cc2F)c1. The summed E-state index contributed by atoms with van der Waals surface area (Å²) in [4.78, 5) is 22.0. The first-order valence-electron chi connectivity index (χ1n) is 8.19. The van der Waals surface area contributed by atoms with Crippen LogP contribution in [0, 0.1) is 15.9 Å². The quantitative estimate of drug-likeness (QED) is 0.517. The van der Waals surface area contributed by atoms with Gasteiger partial charge in [0.2, 0.25) is 0 Å². The third-order valence-electron chi connectivity index (χ3n) is 3.74. The molecule has 0 saturated carbocycles. The molecule has 0 aliphatic rings. The number of halogens is 1. The van der Waals surface area contributed by atoms with Crippen LogP contribution in [0.1, 0.15) is 20.8 Å². The summed E-state index contributed by atoms with van der Waals surface area (Å²) < 4.78 is 21.1. The van der Waals surface area contributed by atoms with E-state index in [9.17, 15) is 19.3 Å². The molecule has 27 heavy (non-hydrogen) atoms. The largest absolute Gasteiger partial charge is 0.444 e. The van der Waals surface area contributed by atoms with Gasteiger partial charge in [-0.3, -0.25) is 15.4 Å². The van der Waals surface area contributed by atoms with Crippen LogP contribution in [0.25, 0.3) is 16.6 Å². The average Bonchev–Trinajstić information content (AvgIpc) is 2.95. The minimum Gasteiger partial charge on any atom is -0.444 e. The molecule has 140 valence electrons. The number of nitro groups is 1. The van der Waals surface area contributed by atoms with E-state index >= 15 is 0 Å². The van der Waals surface area contributed by atoms with Crippen molar-refractivity contribution >= 4 is 28.4 Å². The fourth-order valence-corrected chi connectivity index (χ4v) is 2.66. The Kier molecular flexibility index (Phi) is 4.57. The van der Waals surface area contributed by atoms with Gasteiger partial charge in [-0.25, -0.2) is 9.18 Å². The number of carbonyl (C=O) groups is 1. The van der Waals surface area contributed by atoms with Crippen molar-refractivity contribution < 1.29 is 18.8 Å². The van der Waals surface area contributed by atoms with E-state index in [1.807, 2.05) is 0 Å². The number of nitrogens with zero attached hydrogens (tertiary/aromatic N) is 2. The Morgan fingerprint density at radius 3 is 2.56 bits per heavy atom. The number of nitro benzene ring substituents is 1. The van der Waals surface area contributed by atoms with Crippen molar-refractivity contribution in [2.24, 2.45) is 0 Å². The van der Waals surface area contributed by atoms with Crippen molar-refractivity contribution in [2.75, 3.05) is 5.32 Å². The molecule has 2 aromatic carbocycles. The van der Waals surface area contributed by atoms with Gasteiger partial charge in [0, 0.05) is 23.3 Å². The maximum atomic E-state index is 14.3. The fraction of sp³-hybridized carbons (Fsp3) is 0.211. The van der Waals surface area contributed by atoms with E-state index in [0.29, 0.717) is 11.2 Å². The highest BCUT2D eigenvalue weighted by Gasteiger charge is 2.17. The third kappa shape index (κ3) is 4.05. The van der Waals surface area contributed by atoms with Crippen molar-refractivity contribution in [1.29, 1.82) is 0 Å². The molecule has 1 amide bonds. The summed E-state index contributed by atoms with van der Waals surface area (Å²) in [5, 5.41) is 14.2. The molecule has 1 N–H and O–H groups in total. The van der Waals surface area contributed by atoms with E-state index in [0.717, 1.165) is 11.5 Å². The summed E-state index contributed by atoms with van der Waals surface area (Å²) in [5.41, 5.74) is 0.515. The van der Waals surface area contributed by atoms with Gasteiger partial charge in [-0.1, -0.05) is 0 Å². The fourth-order valence-electron chi connectivity index (χ4n) is 2.66. The highest BCUT2D eigenvalue weighted by atomic mass is 19.1. The minimum atomic E-state index is -0.697. The Hall–Kier alpha value is -3.42. The van der Waals surface area contributed by atoms with E-state index in [-0.39, 0.29) is 11.4 Å². The second-order valence-electron chi connectivity index (χ2n) is 6.98. The zero-order chi connectivity index (χ0) is 19.8. The summed E-state index contributed by atoms with van der Waals surface area (Å²) >= 11 is 0. The van der Waals surface area contributed by atoms with Crippen molar-refractivity contribution in [3.63, 3.8) is 0 Å². The number of nitrogens with one attached hydrogen (secondary N) is 1. The van der Waals surface area contributed by atoms with E-state index in [2.05, 4.69) is 5.32 Å². The Bertz CT molecular complexity index is 1040. The number of non-ortho nitro benzene ring substituents is 1. The first-order chi connectivity index (χ1) is 12.6. The highest BCUT2D eigenvalue weighted by Crippen LogP contribution is 2.27. The molecule has 0 aliphatic heterocycles. The van der Waals surface area contributed by atoms with Gasteiger partial charge in [0.15, 0.2) is 5.82 Å². The van der Waals surface area contributed by atoms with Gasteiger partial charge in [0.05, 0.1) is 22.2 Å². The Morgan fingerprint density at radius 2 is 1.93 bits per heavy atom. The molecule has 3 rings (SSSR count). The Morgan fingerprint density at radius 1 is 1.19 bits per heavy atom. The van der Waals surface area contributed by atoms with Crippen LogP contribution in [-0.2, 0) is 4.74 Å². The number of hydrogen-bond acceptors (Lipinski definition) is 4. The molecule has 0 bridgehead atoms. The lowest BCUT2D eigenvalue weighted by atomic mass is 10.2. The van der Waals surface area contributed by atoms with E-state index < -0.39 is 22.4 Å². The van der Waals surface area contributed by atoms with E-state index in [1.165, 1.54) is 12.1 Å². The number of benzene rings is 2. The van der Waals surface area contributed by atoms with Gasteiger partial charge in [-0.2, -0.15) is 0 Å². The zero-order valence-electron chi connectivity index (χ0n) is 15.0. The lowest BCUT2D eigenvalue weighted by Crippen LogP contribution is -2.27. The van der Waals surface area contributed by atoms with Crippen LogP contribution in [0.4, 0.5) is 20.6 Å². The molecule has 0 aliphatic carbocycles. The van der Waals surface area contributed by atoms with Gasteiger partial charge in [0.1, 0.15) is 5.60 Å². The maximum absolute atomic E-state index is 14.3. The van der Waals surface area contributed by atoms with E-state index in [4.69, 9.17) is 4.74 Å². The van der Waals surface area contributed by atoms with Crippen molar-refractivity contribution in [1.82, 2.24) is 4.57 Å². The zero-order valence-corrected chi connectivity index (χ0v) is 15.0. The normalized spacial score (nSPS) is 11.4. The predicted molar refractivity (Wildman–Crippen MR) is 99.7 cm³/mol. The molecular weight excluding hydrogens is 353 g/mol. The first kappa shape index (κ1) is 18.4. The van der Waals surface area contributed by atoms with Crippen LogP contribution in [-0.4, -0.2) is 21.2 Å². The minimum absolute atomic E-state index is 0.198. The second-order valence-corrected chi connectivity index (χ2v) is 6.98. The molecule has 0 unspecified atom stereocenters. The summed E-state index contributed by atoms with van der Waals surface area (Å²) in [6.07, 6.45) is 1.09. The molecule has 0 radical (unpaired) electrons. The monoisotopic (exact) mass is 371 g/mol. The Balaban J connectivity index is 1.90. The molecular formula is C19H18FN3O4. The molecule has 0 fully saturated rings. The smallest absolute Gasteiger partial charge is 0.412 e. The van der Waals surface area contributed by atoms with Crippen LogP contribution in [0.15, 0.2) is 48.7 Å². The van der Waals surface area contributed by atoms with Crippen LogP contribution in [0.3, 0.4) is 0 Å².